The molecule has 0 saturated carbocycles. The smallest absolute Gasteiger partial charge is 0.253 e. The third-order valence-corrected chi connectivity index (χ3v) is 9.49. The van der Waals surface area contributed by atoms with Gasteiger partial charge in [-0.05, 0) is 67.5 Å². The van der Waals surface area contributed by atoms with Crippen LogP contribution in [0.25, 0.3) is 0 Å². The van der Waals surface area contributed by atoms with Gasteiger partial charge in [0.1, 0.15) is 11.6 Å². The van der Waals surface area contributed by atoms with Gasteiger partial charge < -0.3 is 15.3 Å². The van der Waals surface area contributed by atoms with Crippen LogP contribution in [-0.2, 0) is 21.2 Å². The first-order chi connectivity index (χ1) is 23.0. The lowest BCUT2D eigenvalue weighted by molar-refractivity contribution is -0.127. The van der Waals surface area contributed by atoms with E-state index in [9.17, 15) is 36.7 Å². The first-order valence-electron chi connectivity index (χ1n) is 16.9. The van der Waals surface area contributed by atoms with Crippen molar-refractivity contribution in [3.05, 3.63) is 64.7 Å². The largest absolute Gasteiger partial charge is 0.390 e. The number of benzene rings is 2. The zero-order chi connectivity index (χ0) is 36.9. The monoisotopic (exact) mass is 709 g/mol. The predicted octanol–water partition coefficient (Wildman–Crippen LogP) is 4.36. The number of amides is 3. The molecule has 3 N–H and O–H groups in total. The van der Waals surface area contributed by atoms with E-state index in [1.165, 1.54) is 26.2 Å². The molecule has 3 amide bonds. The average molecular weight is 710 g/mol. The summed E-state index contributed by atoms with van der Waals surface area (Å²) in [5, 5.41) is 15.8. The van der Waals surface area contributed by atoms with Gasteiger partial charge in [-0.25, -0.2) is 26.5 Å². The SMILES string of the molecule is CCCCN(CC(O)C(Cc1cc(F)cc(F)c1)NC(=O)c1cc(C(=O)N(CCC)CCC)cc(S(=O)(=O)N(C)C)c1)NC(=O)CC(C)C. The van der Waals surface area contributed by atoms with Gasteiger partial charge in [0, 0.05) is 63.9 Å². The Kier molecular flexibility index (Phi) is 16.7. The standard InChI is InChI=1S/C35H53F2N5O6S/c1-8-11-14-42(39-33(44)15-24(4)5)23-32(43)31(18-25-16-28(36)22-29(37)17-25)38-34(45)26-19-27(35(46)41(12-9-2)13-10-3)21-30(20-26)49(47,48)40(6)7/h16-17,19-22,24,31-32,43H,8-15,18,23H2,1-7H3,(H,38,45)(H,39,44). The van der Waals surface area contributed by atoms with Crippen molar-refractivity contribution in [3.8, 4) is 0 Å². The number of unbranched alkanes of at least 4 members (excludes halogenated alkanes) is 1. The van der Waals surface area contributed by atoms with E-state index in [0.29, 0.717) is 45.0 Å². The minimum atomic E-state index is -4.08. The minimum Gasteiger partial charge on any atom is -0.390 e. The van der Waals surface area contributed by atoms with Gasteiger partial charge in [-0.2, -0.15) is 0 Å². The Labute approximate surface area is 290 Å². The zero-order valence-electron chi connectivity index (χ0n) is 29.8. The molecule has 2 aromatic rings. The average Bonchev–Trinajstić information content (AvgIpc) is 3.01. The van der Waals surface area contributed by atoms with Crippen molar-refractivity contribution in [2.24, 2.45) is 5.92 Å². The number of aliphatic hydroxyl groups is 1. The fourth-order valence-electron chi connectivity index (χ4n) is 5.26. The van der Waals surface area contributed by atoms with Gasteiger partial charge in [0.25, 0.3) is 11.8 Å². The molecule has 11 nitrogen and oxygen atoms in total. The molecule has 49 heavy (non-hydrogen) atoms. The fourth-order valence-corrected chi connectivity index (χ4v) is 6.23. The molecule has 2 unspecified atom stereocenters. The molecule has 0 radical (unpaired) electrons. The minimum absolute atomic E-state index is 0.00196. The first kappa shape index (κ1) is 41.7. The Morgan fingerprint density at radius 3 is 1.98 bits per heavy atom. The van der Waals surface area contributed by atoms with E-state index in [2.05, 4.69) is 10.7 Å². The first-order valence-corrected chi connectivity index (χ1v) is 18.3. The van der Waals surface area contributed by atoms with Crippen molar-refractivity contribution in [2.75, 3.05) is 40.3 Å². The van der Waals surface area contributed by atoms with Gasteiger partial charge in [-0.15, -0.1) is 0 Å². The van der Waals surface area contributed by atoms with Crippen LogP contribution < -0.4 is 10.7 Å². The Morgan fingerprint density at radius 2 is 1.45 bits per heavy atom. The lowest BCUT2D eigenvalue weighted by Gasteiger charge is -2.31. The van der Waals surface area contributed by atoms with Gasteiger partial charge in [0.15, 0.2) is 0 Å². The third-order valence-electron chi connectivity index (χ3n) is 7.69. The van der Waals surface area contributed by atoms with Crippen LogP contribution in [0.3, 0.4) is 0 Å². The number of aliphatic hydroxyl groups excluding tert-OH is 1. The van der Waals surface area contributed by atoms with Crippen LogP contribution >= 0.6 is 0 Å². The van der Waals surface area contributed by atoms with Crippen LogP contribution in [0.5, 0.6) is 0 Å². The van der Waals surface area contributed by atoms with Crippen molar-refractivity contribution in [3.63, 3.8) is 0 Å². The summed E-state index contributed by atoms with van der Waals surface area (Å²) >= 11 is 0. The van der Waals surface area contributed by atoms with Gasteiger partial charge in [0.2, 0.25) is 15.9 Å². The quantitative estimate of drug-likeness (QED) is 0.174. The van der Waals surface area contributed by atoms with E-state index in [-0.39, 0.29) is 52.8 Å². The molecule has 0 aromatic heterocycles. The van der Waals surface area contributed by atoms with E-state index in [0.717, 1.165) is 28.9 Å². The highest BCUT2D eigenvalue weighted by molar-refractivity contribution is 7.89. The highest BCUT2D eigenvalue weighted by atomic mass is 32.2. The lowest BCUT2D eigenvalue weighted by atomic mass is 9.99. The number of halogens is 2. The second kappa shape index (κ2) is 19.7. The molecule has 0 bridgehead atoms. The number of carbonyl (C=O) groups excluding carboxylic acids is 3. The number of hydrazine groups is 1. The number of hydrogen-bond acceptors (Lipinski definition) is 7. The molecule has 0 aliphatic heterocycles. The Hall–Kier alpha value is -3.46. The Bertz CT molecular complexity index is 1500. The van der Waals surface area contributed by atoms with Crippen molar-refractivity contribution in [1.82, 2.24) is 25.0 Å². The van der Waals surface area contributed by atoms with E-state index in [1.54, 1.807) is 9.91 Å². The van der Waals surface area contributed by atoms with Crippen LogP contribution in [0.4, 0.5) is 8.78 Å². The fraction of sp³-hybridized carbons (Fsp3) is 0.571. The van der Waals surface area contributed by atoms with Gasteiger partial charge in [-0.3, -0.25) is 19.8 Å². The summed E-state index contributed by atoms with van der Waals surface area (Å²) in [6.07, 6.45) is 1.53. The summed E-state index contributed by atoms with van der Waals surface area (Å²) in [4.78, 5) is 41.4. The molecule has 2 rings (SSSR count). The highest BCUT2D eigenvalue weighted by Crippen LogP contribution is 2.21. The summed E-state index contributed by atoms with van der Waals surface area (Å²) in [5.74, 6) is -3.09. The summed E-state index contributed by atoms with van der Waals surface area (Å²) in [6, 6.07) is 5.42. The van der Waals surface area contributed by atoms with Gasteiger partial charge in [0.05, 0.1) is 17.0 Å². The maximum Gasteiger partial charge on any atom is 0.253 e. The van der Waals surface area contributed by atoms with Crippen molar-refractivity contribution in [2.45, 2.75) is 90.2 Å². The zero-order valence-corrected chi connectivity index (χ0v) is 30.6. The third kappa shape index (κ3) is 13.1. The maximum atomic E-state index is 14.2. The van der Waals surface area contributed by atoms with Crippen LogP contribution in [0.2, 0.25) is 0 Å². The second-order valence-corrected chi connectivity index (χ2v) is 15.0. The molecule has 2 atom stereocenters. The number of sulfonamides is 1. The van der Waals surface area contributed by atoms with Gasteiger partial charge in [-0.1, -0.05) is 41.0 Å². The predicted molar refractivity (Wildman–Crippen MR) is 185 cm³/mol. The van der Waals surface area contributed by atoms with E-state index >= 15 is 0 Å². The number of nitrogens with zero attached hydrogens (tertiary/aromatic N) is 3. The Morgan fingerprint density at radius 1 is 0.857 bits per heavy atom. The van der Waals surface area contributed by atoms with E-state index in [1.807, 2.05) is 34.6 Å². The topological polar surface area (TPSA) is 139 Å². The molecule has 0 aliphatic carbocycles. The van der Waals surface area contributed by atoms with Crippen LogP contribution in [0, 0.1) is 17.6 Å². The molecule has 0 saturated heterocycles. The normalized spacial score (nSPS) is 13.1. The molecule has 2 aromatic carbocycles. The molecule has 0 spiro atoms. The van der Waals surface area contributed by atoms with Gasteiger partial charge >= 0.3 is 0 Å². The molecular formula is C35H53F2N5O6S. The van der Waals surface area contributed by atoms with E-state index in [4.69, 9.17) is 0 Å². The van der Waals surface area contributed by atoms with Crippen LogP contribution in [0.1, 0.15) is 93.0 Å². The molecular weight excluding hydrogens is 656 g/mol. The Balaban J connectivity index is 2.58. The number of carbonyl (C=O) groups is 3. The number of hydrogen-bond donors (Lipinski definition) is 3. The van der Waals surface area contributed by atoms with Crippen LogP contribution in [-0.4, -0.2) is 97.9 Å². The molecule has 0 aliphatic rings. The molecule has 0 heterocycles. The molecule has 14 heteroatoms. The second-order valence-electron chi connectivity index (χ2n) is 12.9. The highest BCUT2D eigenvalue weighted by Gasteiger charge is 2.28. The number of nitrogens with one attached hydrogen (secondary N) is 2. The summed E-state index contributed by atoms with van der Waals surface area (Å²) in [6.45, 7) is 10.7. The maximum absolute atomic E-state index is 14.2. The number of rotatable bonds is 20. The van der Waals surface area contributed by atoms with E-state index < -0.39 is 45.6 Å². The lowest BCUT2D eigenvalue weighted by Crippen LogP contribution is -2.53. The summed E-state index contributed by atoms with van der Waals surface area (Å²) < 4.78 is 55.8. The van der Waals surface area contributed by atoms with Crippen molar-refractivity contribution >= 4 is 27.7 Å². The van der Waals surface area contributed by atoms with Crippen molar-refractivity contribution in [1.29, 1.82) is 0 Å². The summed E-state index contributed by atoms with van der Waals surface area (Å²) in [5.41, 5.74) is 2.80. The summed E-state index contributed by atoms with van der Waals surface area (Å²) in [7, 11) is -1.42. The van der Waals surface area contributed by atoms with Crippen molar-refractivity contribution < 1.29 is 36.7 Å². The molecule has 274 valence electrons. The van der Waals surface area contributed by atoms with Crippen LogP contribution in [0.15, 0.2) is 41.3 Å². The molecule has 0 fully saturated rings.